The van der Waals surface area contributed by atoms with E-state index in [0.717, 1.165) is 24.3 Å². The molecule has 0 fully saturated rings. The molecule has 5 nitrogen and oxygen atoms in total. The standard InChI is InChI=1S/C24H35N3O2S/c1-4-7-8-9-10-19-11-13-20(14-12-19)24(29)27(16-6-3)17-22-26-21(18-30-22)23(28)25-15-5-2/h11-14,18H,4-10,15-17H2,1-3H3,(H,25,28). The zero-order valence-corrected chi connectivity index (χ0v) is 19.4. The third-order valence-corrected chi connectivity index (χ3v) is 5.78. The maximum atomic E-state index is 13.1. The van der Waals surface area contributed by atoms with Crippen molar-refractivity contribution in [3.63, 3.8) is 0 Å². The molecule has 1 N–H and O–H groups in total. The van der Waals surface area contributed by atoms with Crippen LogP contribution >= 0.6 is 11.3 Å². The minimum atomic E-state index is -0.151. The largest absolute Gasteiger partial charge is 0.351 e. The first-order valence-electron chi connectivity index (χ1n) is 11.2. The van der Waals surface area contributed by atoms with E-state index in [0.29, 0.717) is 30.9 Å². The summed E-state index contributed by atoms with van der Waals surface area (Å²) in [7, 11) is 0. The van der Waals surface area contributed by atoms with Gasteiger partial charge in [0.05, 0.1) is 6.54 Å². The molecule has 1 aromatic heterocycles. The summed E-state index contributed by atoms with van der Waals surface area (Å²) in [5.74, 6) is -0.135. The third-order valence-electron chi connectivity index (χ3n) is 4.95. The molecule has 2 aromatic rings. The molecule has 0 saturated carbocycles. The van der Waals surface area contributed by atoms with Crippen LogP contribution in [0.4, 0.5) is 0 Å². The lowest BCUT2D eigenvalue weighted by Crippen LogP contribution is -2.31. The van der Waals surface area contributed by atoms with Crippen molar-refractivity contribution < 1.29 is 9.59 Å². The normalized spacial score (nSPS) is 10.8. The second-order valence-electron chi connectivity index (χ2n) is 7.62. The Labute approximate surface area is 184 Å². The summed E-state index contributed by atoms with van der Waals surface area (Å²) < 4.78 is 0. The number of nitrogens with one attached hydrogen (secondary N) is 1. The lowest BCUT2D eigenvalue weighted by atomic mass is 10.0. The first kappa shape index (κ1) is 24.1. The monoisotopic (exact) mass is 429 g/mol. The molecule has 0 aliphatic heterocycles. The lowest BCUT2D eigenvalue weighted by Gasteiger charge is -2.21. The molecular weight excluding hydrogens is 394 g/mol. The quantitative estimate of drug-likeness (QED) is 0.430. The molecule has 0 aliphatic carbocycles. The van der Waals surface area contributed by atoms with Gasteiger partial charge in [-0.1, -0.05) is 52.2 Å². The Bertz CT molecular complexity index is 786. The van der Waals surface area contributed by atoms with Crippen molar-refractivity contribution in [3.8, 4) is 0 Å². The van der Waals surface area contributed by atoms with Gasteiger partial charge in [-0.2, -0.15) is 0 Å². The van der Waals surface area contributed by atoms with E-state index in [2.05, 4.69) is 36.3 Å². The summed E-state index contributed by atoms with van der Waals surface area (Å²) in [6.07, 6.45) is 7.80. The van der Waals surface area contributed by atoms with Crippen molar-refractivity contribution in [1.82, 2.24) is 15.2 Å². The Morgan fingerprint density at radius 3 is 2.43 bits per heavy atom. The maximum Gasteiger partial charge on any atom is 0.270 e. The van der Waals surface area contributed by atoms with Crippen LogP contribution < -0.4 is 5.32 Å². The molecule has 0 aliphatic rings. The minimum absolute atomic E-state index is 0.0153. The van der Waals surface area contributed by atoms with E-state index in [9.17, 15) is 9.59 Å². The summed E-state index contributed by atoms with van der Waals surface area (Å²) >= 11 is 1.43. The molecular formula is C24H35N3O2S. The number of hydrogen-bond donors (Lipinski definition) is 1. The van der Waals surface area contributed by atoms with Crippen molar-refractivity contribution >= 4 is 23.2 Å². The van der Waals surface area contributed by atoms with Crippen LogP contribution in [-0.2, 0) is 13.0 Å². The van der Waals surface area contributed by atoms with Gasteiger partial charge in [0.15, 0.2) is 0 Å². The average molecular weight is 430 g/mol. The fraction of sp³-hybridized carbons (Fsp3) is 0.542. The topological polar surface area (TPSA) is 62.3 Å². The molecule has 2 rings (SSSR count). The van der Waals surface area contributed by atoms with E-state index in [4.69, 9.17) is 0 Å². The molecule has 0 atom stereocenters. The highest BCUT2D eigenvalue weighted by Gasteiger charge is 2.18. The number of unbranched alkanes of at least 4 members (excludes halogenated alkanes) is 3. The van der Waals surface area contributed by atoms with Gasteiger partial charge in [-0.15, -0.1) is 11.3 Å². The molecule has 0 radical (unpaired) electrons. The van der Waals surface area contributed by atoms with Crippen LogP contribution in [-0.4, -0.2) is 34.8 Å². The number of rotatable bonds is 13. The van der Waals surface area contributed by atoms with Gasteiger partial charge in [0.25, 0.3) is 11.8 Å². The first-order valence-corrected chi connectivity index (χ1v) is 12.1. The number of amides is 2. The molecule has 2 amide bonds. The number of aryl methyl sites for hydroxylation is 1. The number of carbonyl (C=O) groups is 2. The van der Waals surface area contributed by atoms with Gasteiger partial charge in [0.2, 0.25) is 0 Å². The second kappa shape index (κ2) is 13.2. The Balaban J connectivity index is 1.99. The number of carbonyl (C=O) groups excluding carboxylic acids is 2. The summed E-state index contributed by atoms with van der Waals surface area (Å²) in [5.41, 5.74) is 2.42. The number of aromatic nitrogens is 1. The summed E-state index contributed by atoms with van der Waals surface area (Å²) in [6, 6.07) is 8.02. The van der Waals surface area contributed by atoms with Crippen LogP contribution in [0.2, 0.25) is 0 Å². The Morgan fingerprint density at radius 1 is 1.00 bits per heavy atom. The minimum Gasteiger partial charge on any atom is -0.351 e. The third kappa shape index (κ3) is 7.56. The van der Waals surface area contributed by atoms with Gasteiger partial charge in [0.1, 0.15) is 10.7 Å². The van der Waals surface area contributed by atoms with Gasteiger partial charge in [-0.3, -0.25) is 9.59 Å². The number of nitrogens with zero attached hydrogens (tertiary/aromatic N) is 2. The Morgan fingerprint density at radius 2 is 1.77 bits per heavy atom. The molecule has 0 saturated heterocycles. The van der Waals surface area contributed by atoms with E-state index < -0.39 is 0 Å². The van der Waals surface area contributed by atoms with Crippen molar-refractivity contribution in [2.45, 2.75) is 72.3 Å². The molecule has 0 unspecified atom stereocenters. The average Bonchev–Trinajstić information content (AvgIpc) is 3.23. The molecule has 0 bridgehead atoms. The number of thiazole rings is 1. The van der Waals surface area contributed by atoms with E-state index in [1.807, 2.05) is 24.0 Å². The van der Waals surface area contributed by atoms with Crippen molar-refractivity contribution in [2.24, 2.45) is 0 Å². The zero-order chi connectivity index (χ0) is 21.8. The van der Waals surface area contributed by atoms with Crippen LogP contribution in [0.15, 0.2) is 29.6 Å². The fourth-order valence-electron chi connectivity index (χ4n) is 3.25. The lowest BCUT2D eigenvalue weighted by molar-refractivity contribution is 0.0743. The van der Waals surface area contributed by atoms with E-state index >= 15 is 0 Å². The van der Waals surface area contributed by atoms with E-state index in [-0.39, 0.29) is 11.8 Å². The molecule has 164 valence electrons. The van der Waals surface area contributed by atoms with Crippen LogP contribution in [0.3, 0.4) is 0 Å². The summed E-state index contributed by atoms with van der Waals surface area (Å²) in [4.78, 5) is 31.4. The zero-order valence-electron chi connectivity index (χ0n) is 18.6. The second-order valence-corrected chi connectivity index (χ2v) is 8.56. The maximum absolute atomic E-state index is 13.1. The SMILES string of the molecule is CCCCCCc1ccc(C(=O)N(CCC)Cc2nc(C(=O)NCCC)cs2)cc1. The van der Waals surface area contributed by atoms with E-state index in [1.165, 1.54) is 42.6 Å². The highest BCUT2D eigenvalue weighted by atomic mass is 32.1. The van der Waals surface area contributed by atoms with Crippen molar-refractivity contribution in [3.05, 3.63) is 51.5 Å². The van der Waals surface area contributed by atoms with Gasteiger partial charge < -0.3 is 10.2 Å². The molecule has 1 aromatic carbocycles. The van der Waals surface area contributed by atoms with Gasteiger partial charge in [-0.25, -0.2) is 4.98 Å². The van der Waals surface area contributed by atoms with Crippen LogP contribution in [0.5, 0.6) is 0 Å². The van der Waals surface area contributed by atoms with Crippen LogP contribution in [0.25, 0.3) is 0 Å². The molecule has 6 heteroatoms. The number of hydrogen-bond acceptors (Lipinski definition) is 4. The first-order chi connectivity index (χ1) is 14.6. The van der Waals surface area contributed by atoms with E-state index in [1.54, 1.807) is 5.38 Å². The smallest absolute Gasteiger partial charge is 0.270 e. The van der Waals surface area contributed by atoms with Crippen LogP contribution in [0, 0.1) is 0 Å². The Hall–Kier alpha value is -2.21. The van der Waals surface area contributed by atoms with Crippen LogP contribution in [0.1, 0.15) is 90.7 Å². The van der Waals surface area contributed by atoms with Gasteiger partial charge >= 0.3 is 0 Å². The summed E-state index contributed by atoms with van der Waals surface area (Å²) in [5, 5.41) is 5.39. The van der Waals surface area contributed by atoms with Crippen molar-refractivity contribution in [1.29, 1.82) is 0 Å². The van der Waals surface area contributed by atoms with Gasteiger partial charge in [-0.05, 0) is 43.4 Å². The van der Waals surface area contributed by atoms with Crippen molar-refractivity contribution in [2.75, 3.05) is 13.1 Å². The fourth-order valence-corrected chi connectivity index (χ4v) is 4.04. The Kier molecular flexibility index (Phi) is 10.6. The predicted molar refractivity (Wildman–Crippen MR) is 124 cm³/mol. The molecule has 0 spiro atoms. The molecule has 30 heavy (non-hydrogen) atoms. The summed E-state index contributed by atoms with van der Waals surface area (Å²) in [6.45, 7) is 8.02. The predicted octanol–water partition coefficient (Wildman–Crippen LogP) is 5.46. The van der Waals surface area contributed by atoms with Gasteiger partial charge in [0, 0.05) is 24.0 Å². The highest BCUT2D eigenvalue weighted by molar-refractivity contribution is 7.09. The molecule has 1 heterocycles. The number of benzene rings is 1. The highest BCUT2D eigenvalue weighted by Crippen LogP contribution is 2.16.